The number of hydrogen-bond donors (Lipinski definition) is 0. The van der Waals surface area contributed by atoms with Crippen molar-refractivity contribution in [1.82, 2.24) is 9.97 Å². The van der Waals surface area contributed by atoms with Crippen molar-refractivity contribution in [2.75, 3.05) is 0 Å². The molecule has 4 aromatic carbocycles. The van der Waals surface area contributed by atoms with Crippen molar-refractivity contribution in [3.05, 3.63) is 144 Å². The Morgan fingerprint density at radius 1 is 0.688 bits per heavy atom. The van der Waals surface area contributed by atoms with Crippen LogP contribution < -0.4 is 0 Å². The van der Waals surface area contributed by atoms with E-state index in [-0.39, 0.29) is 20.1 Å². The Kier molecular flexibility index (Phi) is 9.33. The molecule has 0 saturated heterocycles. The van der Waals surface area contributed by atoms with Gasteiger partial charge >= 0.3 is 0 Å². The first-order chi connectivity index (χ1) is 23.2. The molecule has 0 aliphatic rings. The Balaban J connectivity index is 0.000000208. The van der Waals surface area contributed by atoms with Gasteiger partial charge in [-0.1, -0.05) is 92.2 Å². The van der Waals surface area contributed by atoms with Gasteiger partial charge in [-0.25, -0.2) is 0 Å². The van der Waals surface area contributed by atoms with Gasteiger partial charge in [0.05, 0.1) is 11.0 Å². The number of benzene rings is 4. The molecule has 0 fully saturated rings. The van der Waals surface area contributed by atoms with E-state index in [1.54, 1.807) is 6.20 Å². The van der Waals surface area contributed by atoms with Crippen molar-refractivity contribution in [3.8, 4) is 33.8 Å². The minimum atomic E-state index is -0.591. The first-order valence-electron chi connectivity index (χ1n) is 16.4. The van der Waals surface area contributed by atoms with E-state index in [1.807, 2.05) is 86.8 Å². The van der Waals surface area contributed by atoms with Crippen LogP contribution in [0.2, 0.25) is 0 Å². The number of hydrogen-bond acceptors (Lipinski definition) is 4. The van der Waals surface area contributed by atoms with E-state index in [0.717, 1.165) is 77.9 Å². The van der Waals surface area contributed by atoms with Crippen molar-refractivity contribution < 1.29 is 30.3 Å². The van der Waals surface area contributed by atoms with E-state index in [9.17, 15) is 0 Å². The molecule has 0 aliphatic heterocycles. The van der Waals surface area contributed by atoms with Gasteiger partial charge in [-0.2, -0.15) is 0 Å². The van der Waals surface area contributed by atoms with Gasteiger partial charge in [0, 0.05) is 50.4 Å². The number of fused-ring (bicyclic) bond motifs is 5. The molecule has 8 rings (SSSR count). The summed E-state index contributed by atoms with van der Waals surface area (Å²) in [6.07, 6.45) is 3.62. The zero-order valence-electron chi connectivity index (χ0n) is 28.6. The molecule has 5 heteroatoms. The molecule has 0 spiro atoms. The Morgan fingerprint density at radius 3 is 2.12 bits per heavy atom. The molecule has 0 bridgehead atoms. The minimum Gasteiger partial charge on any atom is -0.500 e. The van der Waals surface area contributed by atoms with Crippen LogP contribution in [0.25, 0.3) is 66.7 Å². The van der Waals surface area contributed by atoms with Gasteiger partial charge in [0.25, 0.3) is 0 Å². The van der Waals surface area contributed by atoms with Crippen LogP contribution in [0, 0.1) is 19.1 Å². The van der Waals surface area contributed by atoms with Crippen LogP contribution >= 0.6 is 0 Å². The molecule has 241 valence electrons. The molecule has 0 aliphatic carbocycles. The summed E-state index contributed by atoms with van der Waals surface area (Å²) in [6, 6.07) is 40.7. The Bertz CT molecular complexity index is 2370. The smallest absolute Gasteiger partial charge is 0.138 e. The van der Waals surface area contributed by atoms with Gasteiger partial charge in [-0.3, -0.25) is 0 Å². The number of aryl methyl sites for hydroxylation is 1. The standard InChI is InChI=1S/C29H22NO2.C14H14N.Ir/c1-17(2)20-14-15-30-24(16-20)23-11-7-10-21-22-12-13-25-26(29(22)32-28(21)23)18(3)27(31-25)19-8-5-4-6-9-19;1-11(2)13-8-9-15-14(10-13)12-6-4-3-5-7-12;/h4-10,12-17H,1-3H3;3-6,8-11H,1-2H3;/q2*-1;/i;11D;. The van der Waals surface area contributed by atoms with Gasteiger partial charge < -0.3 is 18.8 Å². The molecule has 4 heterocycles. The van der Waals surface area contributed by atoms with Crippen LogP contribution in [0.4, 0.5) is 0 Å². The predicted octanol–water partition coefficient (Wildman–Crippen LogP) is 12.0. The first-order valence-corrected chi connectivity index (χ1v) is 15.9. The second-order valence-electron chi connectivity index (χ2n) is 12.3. The molecule has 4 aromatic heterocycles. The van der Waals surface area contributed by atoms with Crippen molar-refractivity contribution in [1.29, 1.82) is 0 Å². The fourth-order valence-electron chi connectivity index (χ4n) is 5.97. The molecular weight excluding hydrogens is 769 g/mol. The number of aromatic nitrogens is 2. The zero-order chi connectivity index (χ0) is 33.4. The van der Waals surface area contributed by atoms with Crippen molar-refractivity contribution in [2.24, 2.45) is 0 Å². The van der Waals surface area contributed by atoms with Crippen LogP contribution in [0.15, 0.2) is 124 Å². The monoisotopic (exact) mass is 806 g/mol. The third-order valence-electron chi connectivity index (χ3n) is 8.56. The van der Waals surface area contributed by atoms with E-state index in [0.29, 0.717) is 5.92 Å². The average molecular weight is 806 g/mol. The SMILES string of the molecule is Cc1c(-c2ccccc2)oc2ccc3c4cc[c-]c(-c5cc(C(C)C)ccn5)c4oc3c12.[2H]C(C)(C)c1ccnc(-c2[c-]cccc2)c1.[Ir]. The topological polar surface area (TPSA) is 52.1 Å². The summed E-state index contributed by atoms with van der Waals surface area (Å²) in [5.41, 5.74) is 10.5. The molecule has 0 N–H and O–H groups in total. The number of nitrogens with zero attached hydrogens (tertiary/aromatic N) is 2. The van der Waals surface area contributed by atoms with Crippen molar-refractivity contribution in [3.63, 3.8) is 0 Å². The van der Waals surface area contributed by atoms with Crippen molar-refractivity contribution >= 4 is 32.9 Å². The number of rotatable bonds is 5. The fourth-order valence-corrected chi connectivity index (χ4v) is 5.97. The second-order valence-corrected chi connectivity index (χ2v) is 12.3. The summed E-state index contributed by atoms with van der Waals surface area (Å²) in [7, 11) is 0. The van der Waals surface area contributed by atoms with Gasteiger partial charge in [0.2, 0.25) is 0 Å². The summed E-state index contributed by atoms with van der Waals surface area (Å²) in [6.45, 7) is 10.2. The summed E-state index contributed by atoms with van der Waals surface area (Å²) >= 11 is 0. The van der Waals surface area contributed by atoms with Gasteiger partial charge in [0.1, 0.15) is 16.9 Å². The van der Waals surface area contributed by atoms with E-state index in [4.69, 9.17) is 10.2 Å². The maximum absolute atomic E-state index is 7.99. The van der Waals surface area contributed by atoms with E-state index >= 15 is 0 Å². The van der Waals surface area contributed by atoms with Crippen LogP contribution in [-0.4, -0.2) is 9.97 Å². The molecule has 0 amide bonds. The van der Waals surface area contributed by atoms with Crippen LogP contribution in [0.5, 0.6) is 0 Å². The third-order valence-corrected chi connectivity index (χ3v) is 8.56. The third kappa shape index (κ3) is 6.36. The normalized spacial score (nSPS) is 11.8. The van der Waals surface area contributed by atoms with Crippen LogP contribution in [0.3, 0.4) is 0 Å². The molecule has 0 unspecified atom stereocenters. The molecule has 4 nitrogen and oxygen atoms in total. The van der Waals surface area contributed by atoms with Crippen LogP contribution in [0.1, 0.15) is 57.6 Å². The molecule has 1 radical (unpaired) electrons. The summed E-state index contributed by atoms with van der Waals surface area (Å²) < 4.78 is 20.8. The van der Waals surface area contributed by atoms with E-state index < -0.39 is 5.89 Å². The minimum absolute atomic E-state index is 0. The first kappa shape index (κ1) is 31.8. The molecule has 48 heavy (non-hydrogen) atoms. The summed E-state index contributed by atoms with van der Waals surface area (Å²) in [5, 5.41) is 3.16. The number of pyridine rings is 2. The van der Waals surface area contributed by atoms with Gasteiger partial charge in [-0.15, -0.1) is 54.1 Å². The van der Waals surface area contributed by atoms with Gasteiger partial charge in [-0.05, 0) is 54.4 Å². The summed E-state index contributed by atoms with van der Waals surface area (Å²) in [5.74, 6) is 0.717. The quantitative estimate of drug-likeness (QED) is 0.163. The largest absolute Gasteiger partial charge is 0.500 e. The fraction of sp³-hybridized carbons (Fsp3) is 0.163. The predicted molar refractivity (Wildman–Crippen MR) is 192 cm³/mol. The summed E-state index contributed by atoms with van der Waals surface area (Å²) in [4.78, 5) is 8.93. The Morgan fingerprint density at radius 2 is 1.40 bits per heavy atom. The number of furan rings is 2. The Labute approximate surface area is 296 Å². The van der Waals surface area contributed by atoms with Gasteiger partial charge in [0.15, 0.2) is 0 Å². The van der Waals surface area contributed by atoms with E-state index in [2.05, 4.69) is 79.3 Å². The van der Waals surface area contributed by atoms with Crippen molar-refractivity contribution in [2.45, 2.75) is 46.4 Å². The molecule has 0 saturated carbocycles. The maximum Gasteiger partial charge on any atom is 0.138 e. The second kappa shape index (κ2) is 14.1. The Hall–Kier alpha value is -4.83. The zero-order valence-corrected chi connectivity index (χ0v) is 30.0. The van der Waals surface area contributed by atoms with Crippen LogP contribution in [-0.2, 0) is 20.1 Å². The molecular formula is C43H36IrN2O2-2. The molecule has 8 aromatic rings. The van der Waals surface area contributed by atoms with E-state index in [1.165, 1.54) is 5.56 Å². The average Bonchev–Trinajstić information content (AvgIpc) is 3.66. The molecule has 0 atom stereocenters. The maximum atomic E-state index is 7.99.